The number of fused-ring (bicyclic) bond motifs is 1. The van der Waals surface area contributed by atoms with Crippen molar-refractivity contribution in [2.24, 2.45) is 5.10 Å². The third-order valence-corrected chi connectivity index (χ3v) is 4.66. The number of aromatic amines is 1. The van der Waals surface area contributed by atoms with Crippen molar-refractivity contribution in [2.75, 3.05) is 13.7 Å². The van der Waals surface area contributed by atoms with Crippen LogP contribution in [0.15, 0.2) is 71.8 Å². The Bertz CT molecular complexity index is 1230. The number of amides is 1. The largest absolute Gasteiger partial charge is 0.493 e. The molecule has 7 nitrogen and oxygen atoms in total. The summed E-state index contributed by atoms with van der Waals surface area (Å²) in [7, 11) is 1.59. The van der Waals surface area contributed by atoms with Gasteiger partial charge in [-0.2, -0.15) is 5.10 Å². The Morgan fingerprint density at radius 1 is 1.10 bits per heavy atom. The fraction of sp³-hybridized carbons (Fsp3) is 0.125. The molecule has 1 heterocycles. The van der Waals surface area contributed by atoms with Gasteiger partial charge in [-0.3, -0.25) is 4.79 Å². The first-order chi connectivity index (χ1) is 15.2. The lowest BCUT2D eigenvalue weighted by Crippen LogP contribution is -2.17. The van der Waals surface area contributed by atoms with Gasteiger partial charge in [0.1, 0.15) is 5.82 Å². The summed E-state index contributed by atoms with van der Waals surface area (Å²) in [4.78, 5) is 20.4. The van der Waals surface area contributed by atoms with E-state index in [2.05, 4.69) is 20.5 Å². The number of nitrogens with zero attached hydrogens (tertiary/aromatic N) is 2. The molecule has 0 unspecified atom stereocenters. The zero-order chi connectivity index (χ0) is 21.6. The summed E-state index contributed by atoms with van der Waals surface area (Å²) in [6.07, 6.45) is 1.56. The van der Waals surface area contributed by atoms with Crippen molar-refractivity contribution in [1.82, 2.24) is 15.4 Å². The molecule has 0 fully saturated rings. The van der Waals surface area contributed by atoms with Gasteiger partial charge in [-0.15, -0.1) is 0 Å². The molecule has 0 aliphatic heterocycles. The molecule has 0 spiro atoms. The molecule has 4 rings (SSSR count). The lowest BCUT2D eigenvalue weighted by molar-refractivity contribution is 0.0955. The van der Waals surface area contributed by atoms with Crippen LogP contribution >= 0.6 is 0 Å². The number of imidazole rings is 1. The molecule has 2 N–H and O–H groups in total. The van der Waals surface area contributed by atoms with E-state index in [1.807, 2.05) is 49.4 Å². The van der Waals surface area contributed by atoms with Gasteiger partial charge in [-0.1, -0.05) is 30.3 Å². The normalized spacial score (nSPS) is 11.0. The highest BCUT2D eigenvalue weighted by Gasteiger charge is 2.10. The molecule has 0 aliphatic rings. The summed E-state index contributed by atoms with van der Waals surface area (Å²) in [5.41, 5.74) is 6.38. The number of hydrazone groups is 1. The standard InChI is InChI=1S/C24H22N4O3/c1-3-31-22-13-16(9-12-21(22)30-2)15-25-28-24(29)18-10-11-19-20(14-18)27-23(26-19)17-7-5-4-6-8-17/h4-15H,3H2,1-2H3,(H,26,27)(H,28,29)/b25-15+. The van der Waals surface area contributed by atoms with Crippen LogP contribution in [0.25, 0.3) is 22.4 Å². The van der Waals surface area contributed by atoms with E-state index in [9.17, 15) is 4.79 Å². The Hall–Kier alpha value is -4.13. The molecular formula is C24H22N4O3. The summed E-state index contributed by atoms with van der Waals surface area (Å²) < 4.78 is 10.8. The zero-order valence-electron chi connectivity index (χ0n) is 17.3. The molecule has 1 aromatic heterocycles. The van der Waals surface area contributed by atoms with Crippen molar-refractivity contribution in [3.63, 3.8) is 0 Å². The Kier molecular flexibility index (Phi) is 5.93. The molecule has 0 aliphatic carbocycles. The molecule has 7 heteroatoms. The monoisotopic (exact) mass is 414 g/mol. The van der Waals surface area contributed by atoms with Gasteiger partial charge in [-0.05, 0) is 48.9 Å². The smallest absolute Gasteiger partial charge is 0.271 e. The maximum Gasteiger partial charge on any atom is 0.271 e. The number of carbonyl (C=O) groups excluding carboxylic acids is 1. The van der Waals surface area contributed by atoms with Crippen LogP contribution in [0.5, 0.6) is 11.5 Å². The van der Waals surface area contributed by atoms with Gasteiger partial charge in [0.2, 0.25) is 0 Å². The maximum atomic E-state index is 12.5. The average Bonchev–Trinajstić information content (AvgIpc) is 3.23. The minimum Gasteiger partial charge on any atom is -0.493 e. The van der Waals surface area contributed by atoms with E-state index in [4.69, 9.17) is 9.47 Å². The Balaban J connectivity index is 1.48. The molecule has 3 aromatic carbocycles. The van der Waals surface area contributed by atoms with Crippen LogP contribution in [0.3, 0.4) is 0 Å². The number of aromatic nitrogens is 2. The van der Waals surface area contributed by atoms with Gasteiger partial charge in [0.15, 0.2) is 11.5 Å². The summed E-state index contributed by atoms with van der Waals surface area (Å²) in [5.74, 6) is 1.72. The lowest BCUT2D eigenvalue weighted by Gasteiger charge is -2.09. The SMILES string of the molecule is CCOc1cc(/C=N/NC(=O)c2ccc3nc(-c4ccccc4)[nH]c3c2)ccc1OC. The topological polar surface area (TPSA) is 88.6 Å². The van der Waals surface area contributed by atoms with Gasteiger partial charge in [0.05, 0.1) is 31.0 Å². The minimum atomic E-state index is -0.312. The first kappa shape index (κ1) is 20.2. The lowest BCUT2D eigenvalue weighted by atomic mass is 10.2. The Morgan fingerprint density at radius 3 is 2.71 bits per heavy atom. The summed E-state index contributed by atoms with van der Waals surface area (Å²) in [6.45, 7) is 2.43. The summed E-state index contributed by atoms with van der Waals surface area (Å²) in [6, 6.07) is 20.6. The zero-order valence-corrected chi connectivity index (χ0v) is 17.3. The van der Waals surface area contributed by atoms with E-state index >= 15 is 0 Å². The molecule has 0 saturated heterocycles. The predicted molar refractivity (Wildman–Crippen MR) is 121 cm³/mol. The molecule has 0 atom stereocenters. The number of hydrogen-bond donors (Lipinski definition) is 2. The van der Waals surface area contributed by atoms with Crippen molar-refractivity contribution >= 4 is 23.2 Å². The van der Waals surface area contributed by atoms with Gasteiger partial charge >= 0.3 is 0 Å². The molecule has 156 valence electrons. The number of benzene rings is 3. The van der Waals surface area contributed by atoms with Crippen molar-refractivity contribution in [2.45, 2.75) is 6.92 Å². The quantitative estimate of drug-likeness (QED) is 0.346. The number of carbonyl (C=O) groups is 1. The first-order valence-corrected chi connectivity index (χ1v) is 9.87. The third-order valence-electron chi connectivity index (χ3n) is 4.66. The average molecular weight is 414 g/mol. The molecular weight excluding hydrogens is 392 g/mol. The first-order valence-electron chi connectivity index (χ1n) is 9.87. The minimum absolute atomic E-state index is 0.312. The second-order valence-corrected chi connectivity index (χ2v) is 6.73. The number of methoxy groups -OCH3 is 1. The van der Waals surface area contributed by atoms with Crippen molar-refractivity contribution < 1.29 is 14.3 Å². The van der Waals surface area contributed by atoms with E-state index in [0.717, 1.165) is 28.0 Å². The van der Waals surface area contributed by atoms with E-state index in [0.29, 0.717) is 23.7 Å². The van der Waals surface area contributed by atoms with Crippen LogP contribution in [0.2, 0.25) is 0 Å². The van der Waals surface area contributed by atoms with E-state index < -0.39 is 0 Å². The van der Waals surface area contributed by atoms with Gasteiger partial charge in [0.25, 0.3) is 5.91 Å². The van der Waals surface area contributed by atoms with Crippen LogP contribution in [0, 0.1) is 0 Å². The molecule has 1 amide bonds. The fourth-order valence-electron chi connectivity index (χ4n) is 3.16. The van der Waals surface area contributed by atoms with Crippen LogP contribution in [-0.4, -0.2) is 35.8 Å². The number of rotatable bonds is 7. The van der Waals surface area contributed by atoms with Crippen LogP contribution < -0.4 is 14.9 Å². The third kappa shape index (κ3) is 4.56. The highest BCUT2D eigenvalue weighted by atomic mass is 16.5. The molecule has 0 bridgehead atoms. The Morgan fingerprint density at radius 2 is 1.94 bits per heavy atom. The second-order valence-electron chi connectivity index (χ2n) is 6.73. The number of nitrogens with one attached hydrogen (secondary N) is 2. The Labute approximate surface area is 179 Å². The highest BCUT2D eigenvalue weighted by Crippen LogP contribution is 2.27. The number of ether oxygens (including phenoxy) is 2. The summed E-state index contributed by atoms with van der Waals surface area (Å²) >= 11 is 0. The molecule has 31 heavy (non-hydrogen) atoms. The van der Waals surface area contributed by atoms with Gasteiger partial charge in [0, 0.05) is 11.1 Å². The summed E-state index contributed by atoms with van der Waals surface area (Å²) in [5, 5.41) is 4.06. The van der Waals surface area contributed by atoms with Crippen LogP contribution in [-0.2, 0) is 0 Å². The van der Waals surface area contributed by atoms with Crippen molar-refractivity contribution in [1.29, 1.82) is 0 Å². The predicted octanol–water partition coefficient (Wildman–Crippen LogP) is 4.40. The van der Waals surface area contributed by atoms with Crippen LogP contribution in [0.1, 0.15) is 22.8 Å². The maximum absolute atomic E-state index is 12.5. The van der Waals surface area contributed by atoms with Crippen LogP contribution in [0.4, 0.5) is 0 Å². The number of H-pyrrole nitrogens is 1. The van der Waals surface area contributed by atoms with Crippen molar-refractivity contribution in [3.8, 4) is 22.9 Å². The molecule has 0 saturated carbocycles. The molecule has 0 radical (unpaired) electrons. The van der Waals surface area contributed by atoms with E-state index in [1.54, 1.807) is 37.6 Å². The van der Waals surface area contributed by atoms with E-state index in [-0.39, 0.29) is 5.91 Å². The van der Waals surface area contributed by atoms with E-state index in [1.165, 1.54) is 0 Å². The van der Waals surface area contributed by atoms with Crippen molar-refractivity contribution in [3.05, 3.63) is 77.9 Å². The van der Waals surface area contributed by atoms with Gasteiger partial charge in [-0.25, -0.2) is 10.4 Å². The fourth-order valence-corrected chi connectivity index (χ4v) is 3.16. The number of hydrogen-bond acceptors (Lipinski definition) is 5. The second kappa shape index (κ2) is 9.13. The highest BCUT2D eigenvalue weighted by molar-refractivity contribution is 5.98. The van der Waals surface area contributed by atoms with Gasteiger partial charge < -0.3 is 14.5 Å². The molecule has 4 aromatic rings.